The van der Waals surface area contributed by atoms with Crippen molar-refractivity contribution in [1.82, 2.24) is 0 Å². The Morgan fingerprint density at radius 3 is 2.20 bits per heavy atom. The molecule has 0 atom stereocenters. The highest BCUT2D eigenvalue weighted by molar-refractivity contribution is 7.74. The van der Waals surface area contributed by atoms with Crippen molar-refractivity contribution in [3.05, 3.63) is 35.9 Å². The quantitative estimate of drug-likeness (QED) is 0.463. The van der Waals surface area contributed by atoms with Gasteiger partial charge in [0, 0.05) is 0 Å². The first-order valence-electron chi connectivity index (χ1n) is 3.80. The summed E-state index contributed by atoms with van der Waals surface area (Å²) in [5.41, 5.74) is 0.303. The van der Waals surface area contributed by atoms with Crippen molar-refractivity contribution in [3.63, 3.8) is 0 Å². The van der Waals surface area contributed by atoms with Crippen molar-refractivity contribution in [1.29, 1.82) is 5.26 Å². The van der Waals surface area contributed by atoms with Crippen LogP contribution in [-0.2, 0) is 10.3 Å². The predicted octanol–water partition coefficient (Wildman–Crippen LogP) is 1.78. The van der Waals surface area contributed by atoms with Crippen molar-refractivity contribution in [2.75, 3.05) is 0 Å². The van der Waals surface area contributed by atoms with Gasteiger partial charge in [0.15, 0.2) is 0 Å². The number of hydrogen-bond donors (Lipinski definition) is 0. The molecule has 0 aromatic heterocycles. The molecule has 0 saturated carbocycles. The molecule has 6 heteroatoms. The van der Waals surface area contributed by atoms with Gasteiger partial charge in [0.25, 0.3) is 0 Å². The SMILES string of the molecule is N#CC(Cl)(Cl)C(c1ccccc1)=S(=O)=O. The second-order valence-electron chi connectivity index (χ2n) is 2.62. The zero-order valence-electron chi connectivity index (χ0n) is 7.31. The summed E-state index contributed by atoms with van der Waals surface area (Å²) in [5.74, 6) is 0. The van der Waals surface area contributed by atoms with Crippen LogP contribution in [0.15, 0.2) is 30.3 Å². The summed E-state index contributed by atoms with van der Waals surface area (Å²) in [5, 5.41) is 8.67. The van der Waals surface area contributed by atoms with Crippen LogP contribution in [-0.4, -0.2) is 17.6 Å². The lowest BCUT2D eigenvalue weighted by molar-refractivity contribution is 0.627. The lowest BCUT2D eigenvalue weighted by atomic mass is 10.1. The number of rotatable bonds is 2. The van der Waals surface area contributed by atoms with E-state index in [9.17, 15) is 8.42 Å². The Morgan fingerprint density at radius 2 is 1.80 bits per heavy atom. The fraction of sp³-hybridized carbons (Fsp3) is 0.111. The average Bonchev–Trinajstić information content (AvgIpc) is 2.18. The van der Waals surface area contributed by atoms with E-state index in [0.29, 0.717) is 5.56 Å². The third kappa shape index (κ3) is 2.72. The van der Waals surface area contributed by atoms with Crippen LogP contribution in [0.3, 0.4) is 0 Å². The zero-order valence-corrected chi connectivity index (χ0v) is 9.64. The maximum atomic E-state index is 10.9. The molecule has 1 rings (SSSR count). The normalized spacial score (nSPS) is 10.5. The minimum atomic E-state index is -2.64. The average molecular weight is 262 g/mol. The molecule has 1 aromatic carbocycles. The molecule has 0 radical (unpaired) electrons. The van der Waals surface area contributed by atoms with Gasteiger partial charge in [-0.3, -0.25) is 0 Å². The van der Waals surface area contributed by atoms with E-state index < -0.39 is 14.6 Å². The molecule has 0 spiro atoms. The number of nitrogens with zero attached hydrogens (tertiary/aromatic N) is 1. The van der Waals surface area contributed by atoms with Gasteiger partial charge >= 0.3 is 0 Å². The molecule has 78 valence electrons. The van der Waals surface area contributed by atoms with Crippen LogP contribution in [0.4, 0.5) is 0 Å². The van der Waals surface area contributed by atoms with Crippen LogP contribution in [0.2, 0.25) is 0 Å². The van der Waals surface area contributed by atoms with Crippen molar-refractivity contribution >= 4 is 38.4 Å². The van der Waals surface area contributed by atoms with Gasteiger partial charge in [-0.2, -0.15) is 13.7 Å². The van der Waals surface area contributed by atoms with Crippen LogP contribution in [0.1, 0.15) is 5.56 Å². The van der Waals surface area contributed by atoms with E-state index in [4.69, 9.17) is 28.5 Å². The lowest BCUT2D eigenvalue weighted by Gasteiger charge is -2.10. The zero-order chi connectivity index (χ0) is 11.5. The first kappa shape index (κ1) is 12.1. The summed E-state index contributed by atoms with van der Waals surface area (Å²) in [4.78, 5) is -0.339. The number of halogens is 2. The van der Waals surface area contributed by atoms with Crippen LogP contribution in [0.5, 0.6) is 0 Å². The van der Waals surface area contributed by atoms with E-state index in [0.717, 1.165) is 0 Å². The highest BCUT2D eigenvalue weighted by atomic mass is 35.5. The first-order chi connectivity index (χ1) is 6.99. The van der Waals surface area contributed by atoms with Gasteiger partial charge in [-0.1, -0.05) is 53.5 Å². The van der Waals surface area contributed by atoms with E-state index in [1.54, 1.807) is 18.2 Å². The Bertz CT molecular complexity index is 521. The minimum absolute atomic E-state index is 0.303. The largest absolute Gasteiger partial charge is 0.243 e. The standard InChI is InChI=1S/C9H5Cl2NO2S/c10-9(11,6-12)8(15(13)14)7-4-2-1-3-5-7/h1-5H. The van der Waals surface area contributed by atoms with E-state index in [1.165, 1.54) is 18.2 Å². The third-order valence-electron chi connectivity index (χ3n) is 1.63. The Labute approximate surface area is 98.4 Å². The van der Waals surface area contributed by atoms with E-state index in [1.807, 2.05) is 0 Å². The number of benzene rings is 1. The fourth-order valence-corrected chi connectivity index (χ4v) is 2.20. The van der Waals surface area contributed by atoms with Crippen LogP contribution in [0.25, 0.3) is 0 Å². The van der Waals surface area contributed by atoms with Gasteiger partial charge in [0.2, 0.25) is 14.6 Å². The van der Waals surface area contributed by atoms with Gasteiger partial charge in [-0.05, 0) is 5.56 Å². The monoisotopic (exact) mass is 261 g/mol. The Kier molecular flexibility index (Phi) is 3.75. The molecule has 1 aromatic rings. The molecule has 3 nitrogen and oxygen atoms in total. The van der Waals surface area contributed by atoms with Gasteiger partial charge in [-0.15, -0.1) is 0 Å². The maximum Gasteiger partial charge on any atom is 0.243 e. The van der Waals surface area contributed by atoms with E-state index in [-0.39, 0.29) is 4.86 Å². The molecule has 0 saturated heterocycles. The number of hydrogen-bond acceptors (Lipinski definition) is 3. The van der Waals surface area contributed by atoms with Crippen molar-refractivity contribution in [2.45, 2.75) is 4.33 Å². The summed E-state index contributed by atoms with van der Waals surface area (Å²) in [7, 11) is -2.64. The molecule has 15 heavy (non-hydrogen) atoms. The predicted molar refractivity (Wildman–Crippen MR) is 59.5 cm³/mol. The molecule has 0 heterocycles. The Balaban J connectivity index is 3.47. The second-order valence-corrected chi connectivity index (χ2v) is 4.82. The molecule has 0 unspecified atom stereocenters. The van der Waals surface area contributed by atoms with Gasteiger partial charge in [-0.25, -0.2) is 0 Å². The van der Waals surface area contributed by atoms with Crippen molar-refractivity contribution in [2.24, 2.45) is 0 Å². The molecular weight excluding hydrogens is 257 g/mol. The highest BCUT2D eigenvalue weighted by Gasteiger charge is 2.33. The fourth-order valence-electron chi connectivity index (χ4n) is 1.02. The van der Waals surface area contributed by atoms with Gasteiger partial charge < -0.3 is 0 Å². The number of nitriles is 1. The lowest BCUT2D eigenvalue weighted by Crippen LogP contribution is -2.25. The van der Waals surface area contributed by atoms with E-state index in [2.05, 4.69) is 0 Å². The molecule has 0 bridgehead atoms. The van der Waals surface area contributed by atoms with E-state index >= 15 is 0 Å². The molecule has 0 N–H and O–H groups in total. The first-order valence-corrected chi connectivity index (χ1v) is 5.63. The molecule has 0 amide bonds. The molecule has 0 aliphatic rings. The summed E-state index contributed by atoms with van der Waals surface area (Å²) in [6.07, 6.45) is 0. The highest BCUT2D eigenvalue weighted by Crippen LogP contribution is 2.25. The summed E-state index contributed by atoms with van der Waals surface area (Å²) < 4.78 is 19.8. The summed E-state index contributed by atoms with van der Waals surface area (Å²) in [6, 6.07) is 9.52. The topological polar surface area (TPSA) is 57.9 Å². The smallest absolute Gasteiger partial charge is 0.195 e. The van der Waals surface area contributed by atoms with Crippen molar-refractivity contribution < 1.29 is 8.42 Å². The molecule has 0 aliphatic carbocycles. The van der Waals surface area contributed by atoms with Crippen molar-refractivity contribution in [3.8, 4) is 6.07 Å². The van der Waals surface area contributed by atoms with Gasteiger partial charge in [0.05, 0.1) is 0 Å². The van der Waals surface area contributed by atoms with Crippen LogP contribution in [0, 0.1) is 11.3 Å². The van der Waals surface area contributed by atoms with Gasteiger partial charge in [0.1, 0.15) is 10.9 Å². The third-order valence-corrected chi connectivity index (χ3v) is 3.27. The summed E-state index contributed by atoms with van der Waals surface area (Å²) in [6.45, 7) is 0. The summed E-state index contributed by atoms with van der Waals surface area (Å²) >= 11 is 11.2. The second kappa shape index (κ2) is 4.67. The van der Waals surface area contributed by atoms with Crippen LogP contribution < -0.4 is 0 Å². The molecular formula is C9H5Cl2NO2S. The Morgan fingerprint density at radius 1 is 1.27 bits per heavy atom. The minimum Gasteiger partial charge on any atom is -0.195 e. The number of alkyl halides is 2. The maximum absolute atomic E-state index is 10.9. The van der Waals surface area contributed by atoms with Crippen LogP contribution >= 0.6 is 23.2 Å². The molecule has 0 aliphatic heterocycles. The molecule has 0 fully saturated rings. The Hall–Kier alpha value is -1.02.